The summed E-state index contributed by atoms with van der Waals surface area (Å²) in [6.07, 6.45) is 3.95. The lowest BCUT2D eigenvalue weighted by atomic mass is 10.2. The zero-order valence-electron chi connectivity index (χ0n) is 18.1. The molecule has 3 aromatic rings. The highest BCUT2D eigenvalue weighted by Crippen LogP contribution is 2.31. The Morgan fingerprint density at radius 2 is 1.97 bits per heavy atom. The molecule has 0 unspecified atom stereocenters. The summed E-state index contributed by atoms with van der Waals surface area (Å²) < 4.78 is 11.1. The number of ether oxygens (including phenoxy) is 2. The average Bonchev–Trinajstić information content (AvgIpc) is 3.48. The van der Waals surface area contributed by atoms with Gasteiger partial charge in [0.05, 0.1) is 20.0 Å². The molecule has 4 rings (SSSR count). The minimum Gasteiger partial charge on any atom is -0.493 e. The first-order chi connectivity index (χ1) is 16.1. The number of anilines is 2. The van der Waals surface area contributed by atoms with Crippen LogP contribution in [0.3, 0.4) is 0 Å². The van der Waals surface area contributed by atoms with Crippen molar-refractivity contribution >= 4 is 51.8 Å². The number of hydrogen-bond donors (Lipinski definition) is 1. The number of aromatic nitrogens is 2. The number of thioether (sulfide) groups is 1. The summed E-state index contributed by atoms with van der Waals surface area (Å²) in [6, 6.07) is 13.3. The van der Waals surface area contributed by atoms with Crippen molar-refractivity contribution in [2.45, 2.75) is 10.8 Å². The van der Waals surface area contributed by atoms with Crippen LogP contribution in [0, 0.1) is 0 Å². The van der Waals surface area contributed by atoms with Crippen LogP contribution in [0.5, 0.6) is 11.5 Å². The van der Waals surface area contributed by atoms with Crippen molar-refractivity contribution in [2.24, 2.45) is 0 Å². The zero-order chi connectivity index (χ0) is 23.2. The van der Waals surface area contributed by atoms with Gasteiger partial charge in [-0.15, -0.1) is 10.2 Å². The average molecular weight is 483 g/mol. The Morgan fingerprint density at radius 1 is 1.15 bits per heavy atom. The number of para-hydroxylation sites is 1. The van der Waals surface area contributed by atoms with E-state index in [1.807, 2.05) is 29.2 Å². The van der Waals surface area contributed by atoms with E-state index in [-0.39, 0.29) is 17.6 Å². The highest BCUT2D eigenvalue weighted by Gasteiger charge is 2.24. The molecule has 0 fully saturated rings. The molecule has 170 valence electrons. The second-order valence-electron chi connectivity index (χ2n) is 7.02. The highest BCUT2D eigenvalue weighted by molar-refractivity contribution is 8.01. The first-order valence-electron chi connectivity index (χ1n) is 10.1. The highest BCUT2D eigenvalue weighted by atomic mass is 32.2. The largest absolute Gasteiger partial charge is 0.493 e. The van der Waals surface area contributed by atoms with Gasteiger partial charge in [0, 0.05) is 18.3 Å². The number of hydrogen-bond acceptors (Lipinski definition) is 8. The van der Waals surface area contributed by atoms with Gasteiger partial charge in [0.25, 0.3) is 0 Å². The third-order valence-electron chi connectivity index (χ3n) is 4.98. The molecule has 0 saturated heterocycles. The number of nitrogens with one attached hydrogen (secondary N) is 1. The fourth-order valence-corrected chi connectivity index (χ4v) is 5.02. The molecule has 0 saturated carbocycles. The molecule has 2 heterocycles. The molecule has 33 heavy (non-hydrogen) atoms. The summed E-state index contributed by atoms with van der Waals surface area (Å²) in [7, 11) is 3.12. The Kier molecular flexibility index (Phi) is 7.26. The van der Waals surface area contributed by atoms with E-state index < -0.39 is 0 Å². The topological polar surface area (TPSA) is 93.7 Å². The van der Waals surface area contributed by atoms with Crippen LogP contribution >= 0.6 is 23.1 Å². The Bertz CT molecular complexity index is 1190. The van der Waals surface area contributed by atoms with E-state index in [1.54, 1.807) is 32.4 Å². The van der Waals surface area contributed by atoms with Crippen LogP contribution < -0.4 is 19.7 Å². The molecule has 0 radical (unpaired) electrons. The zero-order valence-corrected chi connectivity index (χ0v) is 19.7. The standard InChI is InChI=1S/C23H22N4O4S2/c1-30-18-9-7-15(13-19(18)31-2)8-10-20(28)24-22-25-26-23(33-22)32-14-21(29)27-12-11-16-5-3-4-6-17(16)27/h3-10,13H,11-12,14H2,1-2H3,(H,24,25,28)/b10-8+. The molecule has 0 bridgehead atoms. The molecular weight excluding hydrogens is 460 g/mol. The molecule has 8 nitrogen and oxygen atoms in total. The van der Waals surface area contributed by atoms with Crippen LogP contribution in [-0.2, 0) is 16.0 Å². The third kappa shape index (κ3) is 5.52. The number of carbonyl (C=O) groups is 2. The van der Waals surface area contributed by atoms with E-state index in [1.165, 1.54) is 34.7 Å². The molecule has 1 aliphatic heterocycles. The van der Waals surface area contributed by atoms with Gasteiger partial charge in [-0.2, -0.15) is 0 Å². The number of carbonyl (C=O) groups excluding carboxylic acids is 2. The SMILES string of the molecule is COc1ccc(/C=C/C(=O)Nc2nnc(SCC(=O)N3CCc4ccccc43)s2)cc1OC. The van der Waals surface area contributed by atoms with E-state index in [2.05, 4.69) is 21.6 Å². The van der Waals surface area contributed by atoms with Gasteiger partial charge in [-0.1, -0.05) is 47.4 Å². The number of fused-ring (bicyclic) bond motifs is 1. The second kappa shape index (κ2) is 10.5. The summed E-state index contributed by atoms with van der Waals surface area (Å²) in [5.74, 6) is 1.16. The molecule has 0 aliphatic carbocycles. The van der Waals surface area contributed by atoms with Crippen molar-refractivity contribution in [1.29, 1.82) is 0 Å². The lowest BCUT2D eigenvalue weighted by Gasteiger charge is -2.16. The van der Waals surface area contributed by atoms with E-state index in [4.69, 9.17) is 9.47 Å². The number of rotatable bonds is 8. The predicted octanol–water partition coefficient (Wildman–Crippen LogP) is 3.89. The first-order valence-corrected chi connectivity index (χ1v) is 11.9. The Balaban J connectivity index is 1.29. The minimum atomic E-state index is -0.331. The predicted molar refractivity (Wildman–Crippen MR) is 130 cm³/mol. The smallest absolute Gasteiger partial charge is 0.250 e. The number of nitrogens with zero attached hydrogens (tertiary/aromatic N) is 3. The molecule has 1 N–H and O–H groups in total. The quantitative estimate of drug-likeness (QED) is 0.296. The summed E-state index contributed by atoms with van der Waals surface area (Å²) in [4.78, 5) is 26.7. The van der Waals surface area contributed by atoms with Gasteiger partial charge in [-0.3, -0.25) is 14.9 Å². The van der Waals surface area contributed by atoms with Gasteiger partial charge in [0.1, 0.15) is 0 Å². The molecule has 2 amide bonds. The minimum absolute atomic E-state index is 0.0311. The van der Waals surface area contributed by atoms with Gasteiger partial charge in [-0.05, 0) is 41.8 Å². The maximum atomic E-state index is 12.6. The maximum absolute atomic E-state index is 12.6. The summed E-state index contributed by atoms with van der Waals surface area (Å²) in [5.41, 5.74) is 2.96. The van der Waals surface area contributed by atoms with E-state index >= 15 is 0 Å². The van der Waals surface area contributed by atoms with Gasteiger partial charge < -0.3 is 14.4 Å². The van der Waals surface area contributed by atoms with Gasteiger partial charge in [0.2, 0.25) is 16.9 Å². The molecule has 0 atom stereocenters. The van der Waals surface area contributed by atoms with Crippen LogP contribution in [0.1, 0.15) is 11.1 Å². The Labute approximate surface area is 199 Å². The van der Waals surface area contributed by atoms with Crippen LogP contribution in [-0.4, -0.2) is 48.5 Å². The molecule has 1 aliphatic rings. The van der Waals surface area contributed by atoms with Gasteiger partial charge in [-0.25, -0.2) is 0 Å². The van der Waals surface area contributed by atoms with Crippen LogP contribution in [0.15, 0.2) is 52.9 Å². The molecule has 0 spiro atoms. The van der Waals surface area contributed by atoms with Gasteiger partial charge in [0.15, 0.2) is 15.8 Å². The van der Waals surface area contributed by atoms with Crippen LogP contribution in [0.2, 0.25) is 0 Å². The molecular formula is C23H22N4O4S2. The van der Waals surface area contributed by atoms with E-state index in [0.29, 0.717) is 27.5 Å². The van der Waals surface area contributed by atoms with Crippen molar-refractivity contribution in [3.8, 4) is 11.5 Å². The van der Waals surface area contributed by atoms with Crippen molar-refractivity contribution in [1.82, 2.24) is 10.2 Å². The fourth-order valence-electron chi connectivity index (χ4n) is 3.39. The monoisotopic (exact) mass is 482 g/mol. The molecule has 2 aromatic carbocycles. The number of methoxy groups -OCH3 is 2. The number of benzene rings is 2. The van der Waals surface area contributed by atoms with Crippen LogP contribution in [0.4, 0.5) is 10.8 Å². The summed E-state index contributed by atoms with van der Waals surface area (Å²) in [5, 5.41) is 11.1. The van der Waals surface area contributed by atoms with Crippen molar-refractivity contribution in [3.63, 3.8) is 0 Å². The summed E-state index contributed by atoms with van der Waals surface area (Å²) in [6.45, 7) is 0.697. The second-order valence-corrected chi connectivity index (χ2v) is 9.22. The Hall–Kier alpha value is -3.37. The lowest BCUT2D eigenvalue weighted by molar-refractivity contribution is -0.116. The van der Waals surface area contributed by atoms with E-state index in [9.17, 15) is 9.59 Å². The normalized spacial score (nSPS) is 12.6. The van der Waals surface area contributed by atoms with Crippen molar-refractivity contribution in [2.75, 3.05) is 36.7 Å². The maximum Gasteiger partial charge on any atom is 0.250 e. The van der Waals surface area contributed by atoms with Gasteiger partial charge >= 0.3 is 0 Å². The third-order valence-corrected chi connectivity index (χ3v) is 6.94. The fraction of sp³-hybridized carbons (Fsp3) is 0.217. The molecule has 1 aromatic heterocycles. The summed E-state index contributed by atoms with van der Waals surface area (Å²) >= 11 is 2.55. The number of amides is 2. The Morgan fingerprint density at radius 3 is 2.79 bits per heavy atom. The molecule has 10 heteroatoms. The van der Waals surface area contributed by atoms with Crippen molar-refractivity contribution in [3.05, 3.63) is 59.7 Å². The van der Waals surface area contributed by atoms with E-state index in [0.717, 1.165) is 17.7 Å². The first kappa shape index (κ1) is 22.8. The van der Waals surface area contributed by atoms with Crippen LogP contribution in [0.25, 0.3) is 6.08 Å². The van der Waals surface area contributed by atoms with Crippen molar-refractivity contribution < 1.29 is 19.1 Å². The lowest BCUT2D eigenvalue weighted by Crippen LogP contribution is -2.30.